The Morgan fingerprint density at radius 2 is 1.83 bits per heavy atom. The molecule has 158 valence electrons. The van der Waals surface area contributed by atoms with Crippen LogP contribution in [0.25, 0.3) is 11.0 Å². The summed E-state index contributed by atoms with van der Waals surface area (Å²) in [6.45, 7) is 4.27. The summed E-state index contributed by atoms with van der Waals surface area (Å²) < 4.78 is 5.08. The molecule has 1 heterocycles. The third-order valence-corrected chi connectivity index (χ3v) is 4.67. The van der Waals surface area contributed by atoms with Gasteiger partial charge >= 0.3 is 6.03 Å². The van der Waals surface area contributed by atoms with E-state index >= 15 is 0 Å². The van der Waals surface area contributed by atoms with E-state index in [4.69, 9.17) is 4.74 Å². The Morgan fingerprint density at radius 3 is 2.50 bits per heavy atom. The molecule has 0 aliphatic rings. The number of benzene rings is 2. The predicted molar refractivity (Wildman–Crippen MR) is 116 cm³/mol. The van der Waals surface area contributed by atoms with Gasteiger partial charge in [-0.3, -0.25) is 4.79 Å². The first kappa shape index (κ1) is 21.2. The zero-order valence-corrected chi connectivity index (χ0v) is 17.4. The Kier molecular flexibility index (Phi) is 6.90. The van der Waals surface area contributed by atoms with Crippen LogP contribution in [0, 0.1) is 5.92 Å². The lowest BCUT2D eigenvalue weighted by Gasteiger charge is -2.20. The monoisotopic (exact) mass is 409 g/mol. The molecule has 0 bridgehead atoms. The smallest absolute Gasteiger partial charge is 0.319 e. The molecule has 3 amide bonds. The highest BCUT2D eigenvalue weighted by Gasteiger charge is 2.21. The van der Waals surface area contributed by atoms with Crippen LogP contribution in [0.5, 0.6) is 5.75 Å². The number of fused-ring (bicyclic) bond motifs is 1. The standard InChI is InChI=1S/C22H27N5O3/c1-14(2)20(21-25-17-6-4-5-7-18(17)26-21)27-19(28)12-13-23-22(29)24-15-8-10-16(30-3)11-9-15/h4-11,14,20H,12-13H2,1-3H3,(H,25,26)(H,27,28)(H2,23,24,29)/t20-/m1/s1. The third-order valence-electron chi connectivity index (χ3n) is 4.67. The normalized spacial score (nSPS) is 11.9. The minimum atomic E-state index is -0.370. The number of carbonyl (C=O) groups excluding carboxylic acids is 2. The number of H-pyrrole nitrogens is 1. The number of anilines is 1. The number of hydrogen-bond donors (Lipinski definition) is 4. The Balaban J connectivity index is 1.48. The molecule has 3 rings (SSSR count). The van der Waals surface area contributed by atoms with Crippen molar-refractivity contribution >= 4 is 28.7 Å². The molecule has 0 fully saturated rings. The Morgan fingerprint density at radius 1 is 1.10 bits per heavy atom. The first-order valence-corrected chi connectivity index (χ1v) is 9.89. The zero-order valence-electron chi connectivity index (χ0n) is 17.4. The van der Waals surface area contributed by atoms with E-state index in [1.165, 1.54) is 0 Å². The molecule has 0 saturated heterocycles. The summed E-state index contributed by atoms with van der Waals surface area (Å²) in [6, 6.07) is 14.1. The SMILES string of the molecule is COc1ccc(NC(=O)NCCC(=O)N[C@@H](c2nc3ccccc3[nH]2)C(C)C)cc1. The second-order valence-electron chi connectivity index (χ2n) is 7.29. The third kappa shape index (κ3) is 5.50. The van der Waals surface area contributed by atoms with Crippen LogP contribution in [-0.2, 0) is 4.79 Å². The molecule has 1 atom stereocenters. The number of imidazole rings is 1. The largest absolute Gasteiger partial charge is 0.497 e. The number of urea groups is 1. The van der Waals surface area contributed by atoms with Crippen LogP contribution < -0.4 is 20.7 Å². The topological polar surface area (TPSA) is 108 Å². The lowest BCUT2D eigenvalue weighted by molar-refractivity contribution is -0.122. The van der Waals surface area contributed by atoms with Gasteiger partial charge < -0.3 is 25.7 Å². The number of aromatic amines is 1. The van der Waals surface area contributed by atoms with Crippen molar-refractivity contribution in [2.75, 3.05) is 19.0 Å². The highest BCUT2D eigenvalue weighted by Crippen LogP contribution is 2.22. The van der Waals surface area contributed by atoms with Gasteiger partial charge in [0.2, 0.25) is 5.91 Å². The Labute approximate surface area is 175 Å². The fourth-order valence-electron chi connectivity index (χ4n) is 3.06. The van der Waals surface area contributed by atoms with Crippen molar-refractivity contribution < 1.29 is 14.3 Å². The van der Waals surface area contributed by atoms with Crippen molar-refractivity contribution in [1.82, 2.24) is 20.6 Å². The van der Waals surface area contributed by atoms with E-state index < -0.39 is 0 Å². The summed E-state index contributed by atoms with van der Waals surface area (Å²) in [7, 11) is 1.58. The molecule has 3 aromatic rings. The molecule has 4 N–H and O–H groups in total. The summed E-state index contributed by atoms with van der Waals surface area (Å²) in [6.07, 6.45) is 0.166. The summed E-state index contributed by atoms with van der Waals surface area (Å²) in [5, 5.41) is 8.41. The van der Waals surface area contributed by atoms with Gasteiger partial charge in [0, 0.05) is 18.7 Å². The van der Waals surface area contributed by atoms with E-state index in [1.54, 1.807) is 31.4 Å². The maximum absolute atomic E-state index is 12.4. The van der Waals surface area contributed by atoms with Gasteiger partial charge in [0.15, 0.2) is 0 Å². The lowest BCUT2D eigenvalue weighted by atomic mass is 10.0. The van der Waals surface area contributed by atoms with Gasteiger partial charge in [0.1, 0.15) is 11.6 Å². The van der Waals surface area contributed by atoms with Crippen LogP contribution in [-0.4, -0.2) is 35.6 Å². The Hall–Kier alpha value is -3.55. The van der Waals surface area contributed by atoms with Gasteiger partial charge in [-0.05, 0) is 42.3 Å². The fourth-order valence-corrected chi connectivity index (χ4v) is 3.06. The van der Waals surface area contributed by atoms with Crippen LogP contribution in [0.2, 0.25) is 0 Å². The van der Waals surface area contributed by atoms with Crippen molar-refractivity contribution in [1.29, 1.82) is 0 Å². The number of para-hydroxylation sites is 2. The number of carbonyl (C=O) groups is 2. The van der Waals surface area contributed by atoms with E-state index in [0.717, 1.165) is 16.9 Å². The second kappa shape index (κ2) is 9.78. The van der Waals surface area contributed by atoms with Crippen LogP contribution in [0.1, 0.15) is 32.1 Å². The van der Waals surface area contributed by atoms with Crippen LogP contribution in [0.3, 0.4) is 0 Å². The molecule has 2 aromatic carbocycles. The fraction of sp³-hybridized carbons (Fsp3) is 0.318. The summed E-state index contributed by atoms with van der Waals surface area (Å²) in [5.41, 5.74) is 2.44. The van der Waals surface area contributed by atoms with E-state index in [9.17, 15) is 9.59 Å². The van der Waals surface area contributed by atoms with Gasteiger partial charge in [-0.1, -0.05) is 26.0 Å². The molecule has 30 heavy (non-hydrogen) atoms. The number of hydrogen-bond acceptors (Lipinski definition) is 4. The minimum Gasteiger partial charge on any atom is -0.497 e. The zero-order chi connectivity index (χ0) is 21.5. The lowest BCUT2D eigenvalue weighted by Crippen LogP contribution is -2.36. The quantitative estimate of drug-likeness (QED) is 0.456. The molecule has 0 aliphatic heterocycles. The van der Waals surface area contributed by atoms with Crippen molar-refractivity contribution in [2.45, 2.75) is 26.3 Å². The second-order valence-corrected chi connectivity index (χ2v) is 7.29. The predicted octanol–water partition coefficient (Wildman–Crippen LogP) is 3.60. The Bertz CT molecular complexity index is 964. The van der Waals surface area contributed by atoms with E-state index in [2.05, 4.69) is 25.9 Å². The van der Waals surface area contributed by atoms with Crippen LogP contribution in [0.15, 0.2) is 48.5 Å². The number of nitrogens with one attached hydrogen (secondary N) is 4. The highest BCUT2D eigenvalue weighted by atomic mass is 16.5. The van der Waals surface area contributed by atoms with Gasteiger partial charge in [-0.2, -0.15) is 0 Å². The molecule has 0 unspecified atom stereocenters. The van der Waals surface area contributed by atoms with Crippen molar-refractivity contribution in [2.24, 2.45) is 5.92 Å². The van der Waals surface area contributed by atoms with Gasteiger partial charge in [0.05, 0.1) is 24.2 Å². The van der Waals surface area contributed by atoms with Gasteiger partial charge in [0.25, 0.3) is 0 Å². The highest BCUT2D eigenvalue weighted by molar-refractivity contribution is 5.89. The van der Waals surface area contributed by atoms with E-state index in [1.807, 2.05) is 38.1 Å². The summed E-state index contributed by atoms with van der Waals surface area (Å²) in [4.78, 5) is 32.3. The molecular weight excluding hydrogens is 382 g/mol. The molecular formula is C22H27N5O3. The van der Waals surface area contributed by atoms with Crippen molar-refractivity contribution in [3.05, 3.63) is 54.4 Å². The molecule has 1 aromatic heterocycles. The first-order chi connectivity index (χ1) is 14.5. The van der Waals surface area contributed by atoms with Crippen LogP contribution in [0.4, 0.5) is 10.5 Å². The van der Waals surface area contributed by atoms with Crippen molar-refractivity contribution in [3.8, 4) is 5.75 Å². The van der Waals surface area contributed by atoms with E-state index in [-0.39, 0.29) is 36.9 Å². The molecule has 8 nitrogen and oxygen atoms in total. The molecule has 8 heteroatoms. The number of ether oxygens (including phenoxy) is 1. The average molecular weight is 409 g/mol. The first-order valence-electron chi connectivity index (χ1n) is 9.89. The number of amides is 3. The maximum atomic E-state index is 12.4. The molecule has 0 saturated carbocycles. The maximum Gasteiger partial charge on any atom is 0.319 e. The average Bonchev–Trinajstić information content (AvgIpc) is 3.16. The van der Waals surface area contributed by atoms with Gasteiger partial charge in [-0.25, -0.2) is 9.78 Å². The number of aromatic nitrogens is 2. The number of methoxy groups -OCH3 is 1. The molecule has 0 radical (unpaired) electrons. The minimum absolute atomic E-state index is 0.154. The summed E-state index contributed by atoms with van der Waals surface area (Å²) in [5.74, 6) is 1.44. The number of nitrogens with zero attached hydrogens (tertiary/aromatic N) is 1. The number of rotatable bonds is 8. The van der Waals surface area contributed by atoms with E-state index in [0.29, 0.717) is 11.4 Å². The molecule has 0 aliphatic carbocycles. The van der Waals surface area contributed by atoms with Gasteiger partial charge in [-0.15, -0.1) is 0 Å². The molecule has 0 spiro atoms. The van der Waals surface area contributed by atoms with Crippen molar-refractivity contribution in [3.63, 3.8) is 0 Å². The summed E-state index contributed by atoms with van der Waals surface area (Å²) >= 11 is 0. The van der Waals surface area contributed by atoms with Crippen LogP contribution >= 0.6 is 0 Å².